The predicted molar refractivity (Wildman–Crippen MR) is 98.2 cm³/mol. The molecule has 9 heteroatoms. The molecule has 1 aromatic heterocycles. The number of hydrogen-bond acceptors (Lipinski definition) is 7. The number of fused-ring (bicyclic) bond motifs is 1. The number of aromatic nitrogens is 2. The molecular formula is C16H24N4O4S. The predicted octanol–water partition coefficient (Wildman–Crippen LogP) is -0.419. The first-order chi connectivity index (χ1) is 12.1. The molecule has 2 aliphatic heterocycles. The van der Waals surface area contributed by atoms with Crippen molar-refractivity contribution in [1.29, 1.82) is 0 Å². The largest absolute Gasteiger partial charge is 0.396 e. The minimum Gasteiger partial charge on any atom is -0.396 e. The summed E-state index contributed by atoms with van der Waals surface area (Å²) in [6.07, 6.45) is 0.939. The van der Waals surface area contributed by atoms with Gasteiger partial charge in [-0.1, -0.05) is 0 Å². The lowest BCUT2D eigenvalue weighted by Crippen LogP contribution is -2.39. The molecule has 1 aromatic rings. The maximum atomic E-state index is 12.4. The first-order valence-corrected chi connectivity index (χ1v) is 9.54. The second kappa shape index (κ2) is 8.31. The van der Waals surface area contributed by atoms with E-state index in [0.717, 1.165) is 48.2 Å². The minimum absolute atomic E-state index is 0.00504. The molecule has 1 N–H and O–H groups in total. The van der Waals surface area contributed by atoms with E-state index in [0.29, 0.717) is 30.8 Å². The van der Waals surface area contributed by atoms with E-state index in [1.54, 1.807) is 11.8 Å². The summed E-state index contributed by atoms with van der Waals surface area (Å²) in [5, 5.41) is 9.92. The molecule has 1 fully saturated rings. The lowest BCUT2D eigenvalue weighted by Gasteiger charge is -2.26. The first-order valence-electron chi connectivity index (χ1n) is 8.56. The van der Waals surface area contributed by atoms with Gasteiger partial charge in [-0.15, -0.1) is 11.8 Å². The molecule has 25 heavy (non-hydrogen) atoms. The average Bonchev–Trinajstić information content (AvgIpc) is 3.05. The molecule has 138 valence electrons. The molecule has 1 saturated heterocycles. The highest BCUT2D eigenvalue weighted by Crippen LogP contribution is 2.27. The monoisotopic (exact) mass is 368 g/mol. The molecule has 0 bridgehead atoms. The highest BCUT2D eigenvalue weighted by molar-refractivity contribution is 8.14. The second-order valence-electron chi connectivity index (χ2n) is 6.16. The van der Waals surface area contributed by atoms with Gasteiger partial charge in [-0.2, -0.15) is 0 Å². The highest BCUT2D eigenvalue weighted by atomic mass is 32.2. The third-order valence-electron chi connectivity index (χ3n) is 4.48. The van der Waals surface area contributed by atoms with Gasteiger partial charge in [0.1, 0.15) is 5.82 Å². The average molecular weight is 368 g/mol. The van der Waals surface area contributed by atoms with Gasteiger partial charge in [0.15, 0.2) is 0 Å². The van der Waals surface area contributed by atoms with Gasteiger partial charge in [0.05, 0.1) is 23.8 Å². The summed E-state index contributed by atoms with van der Waals surface area (Å²) in [4.78, 5) is 31.6. The Bertz CT molecular complexity index is 765. The quantitative estimate of drug-likeness (QED) is 0.734. The topological polar surface area (TPSA) is 89.1 Å². The fourth-order valence-corrected chi connectivity index (χ4v) is 4.02. The van der Waals surface area contributed by atoms with Crippen LogP contribution in [-0.4, -0.2) is 69.4 Å². The fourth-order valence-electron chi connectivity index (χ4n) is 3.04. The van der Waals surface area contributed by atoms with Crippen molar-refractivity contribution in [2.75, 3.05) is 45.2 Å². The van der Waals surface area contributed by atoms with Crippen molar-refractivity contribution in [2.45, 2.75) is 19.4 Å². The van der Waals surface area contributed by atoms with Crippen molar-refractivity contribution >= 4 is 22.6 Å². The summed E-state index contributed by atoms with van der Waals surface area (Å²) < 4.78 is 7.98. The number of rotatable bonds is 6. The third-order valence-corrected chi connectivity index (χ3v) is 5.44. The Morgan fingerprint density at radius 1 is 1.24 bits per heavy atom. The van der Waals surface area contributed by atoms with E-state index in [-0.39, 0.29) is 17.9 Å². The highest BCUT2D eigenvalue weighted by Gasteiger charge is 2.24. The number of morpholine rings is 1. The summed E-state index contributed by atoms with van der Waals surface area (Å²) in [5.41, 5.74) is -0.0674. The minimum atomic E-state index is -0.375. The van der Waals surface area contributed by atoms with E-state index in [1.807, 2.05) is 0 Å². The molecule has 0 radical (unpaired) electrons. The molecule has 3 heterocycles. The van der Waals surface area contributed by atoms with Crippen LogP contribution < -0.4 is 11.2 Å². The van der Waals surface area contributed by atoms with Crippen molar-refractivity contribution in [3.05, 3.63) is 26.4 Å². The molecule has 0 spiro atoms. The Morgan fingerprint density at radius 3 is 2.72 bits per heavy atom. The molecule has 0 atom stereocenters. The van der Waals surface area contributed by atoms with Gasteiger partial charge in [0.25, 0.3) is 5.56 Å². The molecule has 0 aromatic carbocycles. The zero-order valence-corrected chi connectivity index (χ0v) is 15.3. The van der Waals surface area contributed by atoms with E-state index in [1.165, 1.54) is 11.6 Å². The second-order valence-corrected chi connectivity index (χ2v) is 7.33. The summed E-state index contributed by atoms with van der Waals surface area (Å²) in [6, 6.07) is 0. The Balaban J connectivity index is 1.71. The fraction of sp³-hybridized carbons (Fsp3) is 0.688. The van der Waals surface area contributed by atoms with Crippen LogP contribution in [0.25, 0.3) is 0 Å². The number of nitrogens with zero attached hydrogens (tertiary/aromatic N) is 4. The Morgan fingerprint density at radius 2 is 2.00 bits per heavy atom. The number of hydrogen-bond donors (Lipinski definition) is 1. The van der Waals surface area contributed by atoms with Crippen LogP contribution in [-0.2, 0) is 24.8 Å². The number of aliphatic hydroxyl groups excluding tert-OH is 1. The zero-order chi connectivity index (χ0) is 17.8. The van der Waals surface area contributed by atoms with Gasteiger partial charge in [0.2, 0.25) is 0 Å². The van der Waals surface area contributed by atoms with Crippen molar-refractivity contribution in [3.63, 3.8) is 0 Å². The first kappa shape index (κ1) is 18.4. The van der Waals surface area contributed by atoms with Crippen LogP contribution in [0.3, 0.4) is 0 Å². The van der Waals surface area contributed by atoms with Crippen molar-refractivity contribution in [3.8, 4) is 0 Å². The van der Waals surface area contributed by atoms with Crippen molar-refractivity contribution in [1.82, 2.24) is 14.0 Å². The Kier molecular flexibility index (Phi) is 6.10. The van der Waals surface area contributed by atoms with Crippen LogP contribution >= 0.6 is 11.8 Å². The molecule has 2 aliphatic rings. The maximum absolute atomic E-state index is 12.4. The van der Waals surface area contributed by atoms with E-state index < -0.39 is 0 Å². The maximum Gasteiger partial charge on any atom is 0.332 e. The van der Waals surface area contributed by atoms with Crippen LogP contribution in [0.15, 0.2) is 14.6 Å². The lowest BCUT2D eigenvalue weighted by molar-refractivity contribution is 0.0410. The van der Waals surface area contributed by atoms with E-state index in [4.69, 9.17) is 9.84 Å². The SMILES string of the molecule is Cn1c(=O)c2c(n(CCCO)c1=O)N=C(SCCN1CCOCC1)C2. The molecule has 3 rings (SSSR count). The normalized spacial score (nSPS) is 17.6. The zero-order valence-electron chi connectivity index (χ0n) is 14.4. The summed E-state index contributed by atoms with van der Waals surface area (Å²) in [7, 11) is 1.49. The molecule has 0 aliphatic carbocycles. The standard InChI is InChI=1S/C16H24N4O4S/c1-18-15(22)12-11-13(25-10-6-19-4-8-24-9-5-19)17-14(12)20(16(18)23)3-2-7-21/h21H,2-11H2,1H3. The van der Waals surface area contributed by atoms with Crippen LogP contribution in [0, 0.1) is 0 Å². The van der Waals surface area contributed by atoms with E-state index >= 15 is 0 Å². The number of aliphatic hydroxyl groups is 1. The molecule has 0 unspecified atom stereocenters. The number of ether oxygens (including phenoxy) is 1. The molecule has 0 amide bonds. The Hall–Kier alpha value is -1.42. The third kappa shape index (κ3) is 4.05. The van der Waals surface area contributed by atoms with Crippen LogP contribution in [0.2, 0.25) is 0 Å². The van der Waals surface area contributed by atoms with Crippen LogP contribution in [0.5, 0.6) is 0 Å². The lowest BCUT2D eigenvalue weighted by atomic mass is 10.2. The van der Waals surface area contributed by atoms with Crippen LogP contribution in [0.1, 0.15) is 12.0 Å². The van der Waals surface area contributed by atoms with Crippen molar-refractivity contribution in [2.24, 2.45) is 12.0 Å². The molecular weight excluding hydrogens is 344 g/mol. The Labute approximate surface area is 150 Å². The summed E-state index contributed by atoms with van der Waals surface area (Å²) >= 11 is 1.64. The van der Waals surface area contributed by atoms with Crippen LogP contribution in [0.4, 0.5) is 5.82 Å². The van der Waals surface area contributed by atoms with Gasteiger partial charge in [-0.25, -0.2) is 9.79 Å². The number of thioether (sulfide) groups is 1. The van der Waals surface area contributed by atoms with Gasteiger partial charge in [0, 0.05) is 52.0 Å². The summed E-state index contributed by atoms with van der Waals surface area (Å²) in [6.45, 7) is 4.78. The summed E-state index contributed by atoms with van der Waals surface area (Å²) in [5.74, 6) is 1.36. The van der Waals surface area contributed by atoms with E-state index in [2.05, 4.69) is 9.89 Å². The van der Waals surface area contributed by atoms with Gasteiger partial charge < -0.3 is 9.84 Å². The van der Waals surface area contributed by atoms with Gasteiger partial charge >= 0.3 is 5.69 Å². The van der Waals surface area contributed by atoms with Crippen molar-refractivity contribution < 1.29 is 9.84 Å². The molecule has 8 nitrogen and oxygen atoms in total. The van der Waals surface area contributed by atoms with E-state index in [9.17, 15) is 9.59 Å². The molecule has 0 saturated carbocycles. The van der Waals surface area contributed by atoms with Gasteiger partial charge in [-0.3, -0.25) is 18.8 Å². The van der Waals surface area contributed by atoms with Gasteiger partial charge in [-0.05, 0) is 6.42 Å². The smallest absolute Gasteiger partial charge is 0.332 e. The number of aliphatic imine (C=N–C) groups is 1.